The Kier molecular flexibility index (Phi) is 6.87. The summed E-state index contributed by atoms with van der Waals surface area (Å²) in [5, 5.41) is 0. The Morgan fingerprint density at radius 3 is 1.84 bits per heavy atom. The van der Waals surface area contributed by atoms with E-state index in [0.29, 0.717) is 0 Å². The van der Waals surface area contributed by atoms with Crippen LogP contribution in [0.3, 0.4) is 0 Å². The number of allylic oxidation sites excluding steroid dienone is 2. The van der Waals surface area contributed by atoms with Gasteiger partial charge in [-0.25, -0.2) is 13.2 Å². The molecule has 0 N–H and O–H groups in total. The summed E-state index contributed by atoms with van der Waals surface area (Å²) < 4.78 is 44.7. The summed E-state index contributed by atoms with van der Waals surface area (Å²) in [6.07, 6.45) is -0.162. The van der Waals surface area contributed by atoms with Crippen LogP contribution in [0.15, 0.2) is 24.6 Å². The largest absolute Gasteiger partial charge is 0.461 e. The fourth-order valence-electron chi connectivity index (χ4n) is 1.25. The molecular weight excluding hydrogens is 262 g/mol. The third kappa shape index (κ3) is 5.41. The normalized spacial score (nSPS) is 21.1. The monoisotopic (exact) mass is 284 g/mol. The molecule has 0 unspecified atom stereocenters. The molecule has 1 aliphatic rings. The van der Waals surface area contributed by atoms with Crippen LogP contribution in [0.4, 0.5) is 13.2 Å². The second kappa shape index (κ2) is 7.15. The van der Waals surface area contributed by atoms with Crippen LogP contribution in [-0.4, -0.2) is 24.7 Å². The lowest BCUT2D eigenvalue weighted by Crippen LogP contribution is -2.41. The van der Waals surface area contributed by atoms with E-state index >= 15 is 0 Å². The average molecular weight is 284 g/mol. The van der Waals surface area contributed by atoms with E-state index in [9.17, 15) is 13.2 Å². The highest BCUT2D eigenvalue weighted by molar-refractivity contribution is 6.46. The Hall–Kier alpha value is -0.745. The Labute approximate surface area is 113 Å². The first-order chi connectivity index (χ1) is 8.57. The van der Waals surface area contributed by atoms with E-state index in [4.69, 9.17) is 9.31 Å². The average Bonchev–Trinajstić information content (AvgIpc) is 2.47. The molecule has 1 fully saturated rings. The van der Waals surface area contributed by atoms with Gasteiger partial charge in [-0.2, -0.15) is 0 Å². The molecule has 19 heavy (non-hydrogen) atoms. The van der Waals surface area contributed by atoms with Crippen molar-refractivity contribution >= 4 is 7.12 Å². The van der Waals surface area contributed by atoms with Gasteiger partial charge in [-0.15, -0.1) is 6.58 Å². The molecule has 2 nitrogen and oxygen atoms in total. The van der Waals surface area contributed by atoms with Crippen molar-refractivity contribution in [1.29, 1.82) is 0 Å². The van der Waals surface area contributed by atoms with E-state index in [1.807, 2.05) is 6.08 Å². The first-order valence-corrected chi connectivity index (χ1v) is 6.09. The van der Waals surface area contributed by atoms with Crippen LogP contribution in [0.2, 0.25) is 6.32 Å². The molecule has 0 amide bonds. The summed E-state index contributed by atoms with van der Waals surface area (Å²) in [4.78, 5) is 0. The van der Waals surface area contributed by atoms with Gasteiger partial charge in [0, 0.05) is 11.9 Å². The highest BCUT2D eigenvalue weighted by atomic mass is 19.3. The molecule has 0 saturated carbocycles. The molecule has 0 aliphatic carbocycles. The Balaban J connectivity index is 0.000000399. The lowest BCUT2D eigenvalue weighted by atomic mass is 9.90. The van der Waals surface area contributed by atoms with Crippen LogP contribution in [0.1, 0.15) is 34.6 Å². The van der Waals surface area contributed by atoms with Crippen LogP contribution in [0, 0.1) is 0 Å². The summed E-state index contributed by atoms with van der Waals surface area (Å²) >= 11 is 0. The zero-order valence-corrected chi connectivity index (χ0v) is 12.2. The highest BCUT2D eigenvalue weighted by Crippen LogP contribution is 2.37. The summed E-state index contributed by atoms with van der Waals surface area (Å²) in [6, 6.07) is 0. The van der Waals surface area contributed by atoms with Gasteiger partial charge in [0.15, 0.2) is 0 Å². The van der Waals surface area contributed by atoms with Gasteiger partial charge < -0.3 is 9.31 Å². The van der Waals surface area contributed by atoms with Gasteiger partial charge in [0.1, 0.15) is 0 Å². The smallest absolute Gasteiger partial charge is 0.403 e. The topological polar surface area (TPSA) is 18.5 Å². The van der Waals surface area contributed by atoms with Crippen molar-refractivity contribution < 1.29 is 22.5 Å². The maximum atomic E-state index is 11.1. The second-order valence-corrected chi connectivity index (χ2v) is 5.36. The molecule has 110 valence electrons. The highest BCUT2D eigenvalue weighted by Gasteiger charge is 2.50. The van der Waals surface area contributed by atoms with Gasteiger partial charge in [-0.05, 0) is 34.6 Å². The number of rotatable bonds is 3. The first kappa shape index (κ1) is 18.3. The molecule has 1 saturated heterocycles. The van der Waals surface area contributed by atoms with Gasteiger partial charge in [-0.3, -0.25) is 0 Å². The Morgan fingerprint density at radius 1 is 1.21 bits per heavy atom. The van der Waals surface area contributed by atoms with Crippen molar-refractivity contribution in [3.63, 3.8) is 0 Å². The zero-order chi connectivity index (χ0) is 15.3. The number of hydrogen-bond acceptors (Lipinski definition) is 2. The molecule has 1 aliphatic heterocycles. The number of alkyl halides is 2. The van der Waals surface area contributed by atoms with E-state index in [1.54, 1.807) is 0 Å². The maximum Gasteiger partial charge on any atom is 0.461 e. The lowest BCUT2D eigenvalue weighted by Gasteiger charge is -2.32. The third-order valence-corrected chi connectivity index (χ3v) is 3.18. The minimum atomic E-state index is -2.65. The molecule has 0 bridgehead atoms. The molecule has 0 spiro atoms. The van der Waals surface area contributed by atoms with E-state index in [-0.39, 0.29) is 24.7 Å². The van der Waals surface area contributed by atoms with Crippen molar-refractivity contribution in [1.82, 2.24) is 0 Å². The summed E-state index contributed by atoms with van der Waals surface area (Å²) in [7, 11) is -0.118. The molecule has 1 rings (SSSR count). The standard InChI is InChI=1S/C9H17BO2.C4H5F3/c1-6-7-10-11-8(2,3)9(4,5)12-10;1-3(2-5)4(6)7/h6H,1,7H2,2-5H3;2,4H,1H3/b;3-2-/i1+1,6+1,7+1;1+1,2+1,3+1. The second-order valence-electron chi connectivity index (χ2n) is 5.36. The lowest BCUT2D eigenvalue weighted by molar-refractivity contribution is 0.00578. The minimum absolute atomic E-state index is 0.0926. The Morgan fingerprint density at radius 2 is 1.63 bits per heavy atom. The summed E-state index contributed by atoms with van der Waals surface area (Å²) in [5.74, 6) is 0. The van der Waals surface area contributed by atoms with Crippen LogP contribution < -0.4 is 0 Å². The third-order valence-electron chi connectivity index (χ3n) is 3.18. The Bertz CT molecular complexity index is 312. The van der Waals surface area contributed by atoms with Gasteiger partial charge in [0.05, 0.1) is 17.5 Å². The molecule has 0 aromatic heterocycles. The van der Waals surface area contributed by atoms with Crippen molar-refractivity contribution in [2.45, 2.75) is 58.6 Å². The molecule has 0 aromatic rings. The SMILES string of the molecule is CC1(C)OB([13CH2][13CH]=[13CH2])OC1(C)C.[13CH3]/[13C](=[13CH]/F)C(F)F. The van der Waals surface area contributed by atoms with E-state index in [1.165, 1.54) is 0 Å². The molecule has 0 aromatic carbocycles. The van der Waals surface area contributed by atoms with Gasteiger partial charge in [0.2, 0.25) is 0 Å². The predicted molar refractivity (Wildman–Crippen MR) is 72.0 cm³/mol. The zero-order valence-electron chi connectivity index (χ0n) is 12.2. The summed E-state index contributed by atoms with van der Waals surface area (Å²) in [6.45, 7) is 12.9. The number of halogens is 3. The van der Waals surface area contributed by atoms with Crippen LogP contribution in [0.25, 0.3) is 0 Å². The van der Waals surface area contributed by atoms with Crippen molar-refractivity contribution in [3.8, 4) is 0 Å². The van der Waals surface area contributed by atoms with Crippen LogP contribution in [0.5, 0.6) is 0 Å². The van der Waals surface area contributed by atoms with Crippen molar-refractivity contribution in [2.75, 3.05) is 0 Å². The van der Waals surface area contributed by atoms with Crippen molar-refractivity contribution in [2.24, 2.45) is 0 Å². The summed E-state index contributed by atoms with van der Waals surface area (Å²) in [5.41, 5.74) is -0.943. The van der Waals surface area contributed by atoms with Crippen LogP contribution in [-0.2, 0) is 9.31 Å². The van der Waals surface area contributed by atoms with Crippen molar-refractivity contribution in [3.05, 3.63) is 24.6 Å². The van der Waals surface area contributed by atoms with Gasteiger partial charge in [-0.1, -0.05) is 6.08 Å². The molecule has 1 heterocycles. The fourth-order valence-corrected chi connectivity index (χ4v) is 1.25. The molecule has 0 radical (unpaired) electrons. The molecular formula is C13H22BF3O2. The fraction of sp³-hybridized carbons (Fsp3) is 0.692. The predicted octanol–water partition coefficient (Wildman–Crippen LogP) is 4.39. The van der Waals surface area contributed by atoms with E-state index < -0.39 is 12.0 Å². The molecule has 6 heteroatoms. The quantitative estimate of drug-likeness (QED) is 0.434. The van der Waals surface area contributed by atoms with E-state index in [2.05, 4.69) is 34.3 Å². The first-order valence-electron chi connectivity index (χ1n) is 6.09. The van der Waals surface area contributed by atoms with Gasteiger partial charge >= 0.3 is 7.12 Å². The minimum Gasteiger partial charge on any atom is -0.403 e. The van der Waals surface area contributed by atoms with E-state index in [0.717, 1.165) is 13.2 Å². The number of hydrogen-bond donors (Lipinski definition) is 0. The molecule has 0 atom stereocenters. The maximum absolute atomic E-state index is 11.1. The van der Waals surface area contributed by atoms with Gasteiger partial charge in [0.25, 0.3) is 6.43 Å². The van der Waals surface area contributed by atoms with Crippen LogP contribution >= 0.6 is 0 Å².